The molecule has 0 radical (unpaired) electrons. The van der Waals surface area contributed by atoms with E-state index in [1.807, 2.05) is 40.1 Å². The summed E-state index contributed by atoms with van der Waals surface area (Å²) >= 11 is 0. The minimum absolute atomic E-state index is 0.210. The van der Waals surface area contributed by atoms with E-state index in [9.17, 15) is 4.79 Å². The number of nitrogens with zero attached hydrogens (tertiary/aromatic N) is 2. The molecular weight excluding hydrogens is 314 g/mol. The third-order valence-electron chi connectivity index (χ3n) is 5.32. The Morgan fingerprint density at radius 1 is 1.24 bits per heavy atom. The lowest BCUT2D eigenvalue weighted by molar-refractivity contribution is 0.0178. The molecule has 5 heteroatoms. The highest BCUT2D eigenvalue weighted by Gasteiger charge is 2.31. The summed E-state index contributed by atoms with van der Waals surface area (Å²) in [7, 11) is 1.86. The number of fused-ring (bicyclic) bond motifs is 1. The predicted molar refractivity (Wildman–Crippen MR) is 98.5 cm³/mol. The molecule has 1 fully saturated rings. The van der Waals surface area contributed by atoms with Crippen molar-refractivity contribution in [2.75, 3.05) is 7.05 Å². The molecule has 1 atom stereocenters. The van der Waals surface area contributed by atoms with Crippen molar-refractivity contribution in [3.05, 3.63) is 29.6 Å². The number of aromatic nitrogens is 1. The Kier molecular flexibility index (Phi) is 5.32. The zero-order valence-electron chi connectivity index (χ0n) is 15.9. The Morgan fingerprint density at radius 3 is 2.64 bits per heavy atom. The van der Waals surface area contributed by atoms with E-state index in [0.29, 0.717) is 12.1 Å². The van der Waals surface area contributed by atoms with Gasteiger partial charge < -0.3 is 15.0 Å². The van der Waals surface area contributed by atoms with E-state index in [2.05, 4.69) is 16.4 Å². The predicted octanol–water partition coefficient (Wildman–Crippen LogP) is 3.84. The highest BCUT2D eigenvalue weighted by Crippen LogP contribution is 2.32. The standard InChI is InChI=1S/C20H31N3O2/c1-20(2,3)25-19(24)23(4)16-10-8-15(9-11-16)22-17-12-7-14-6-5-13-21-18(14)17/h5-6,13,15-17,22H,7-12H2,1-4H3. The number of pyridine rings is 1. The van der Waals surface area contributed by atoms with E-state index < -0.39 is 5.60 Å². The second kappa shape index (κ2) is 7.32. The fraction of sp³-hybridized carbons (Fsp3) is 0.700. The monoisotopic (exact) mass is 345 g/mol. The molecule has 0 bridgehead atoms. The van der Waals surface area contributed by atoms with Crippen molar-refractivity contribution >= 4 is 6.09 Å². The second-order valence-electron chi connectivity index (χ2n) is 8.40. The first kappa shape index (κ1) is 18.2. The lowest BCUT2D eigenvalue weighted by Crippen LogP contribution is -2.45. The molecule has 1 aromatic rings. The van der Waals surface area contributed by atoms with Crippen molar-refractivity contribution in [2.24, 2.45) is 0 Å². The molecule has 2 aliphatic rings. The van der Waals surface area contributed by atoms with Gasteiger partial charge in [0.1, 0.15) is 5.60 Å². The molecule has 25 heavy (non-hydrogen) atoms. The van der Waals surface area contributed by atoms with Gasteiger partial charge in [0, 0.05) is 25.3 Å². The number of carbonyl (C=O) groups excluding carboxylic acids is 1. The van der Waals surface area contributed by atoms with Crippen molar-refractivity contribution in [2.45, 2.75) is 83.0 Å². The first-order valence-electron chi connectivity index (χ1n) is 9.49. The Hall–Kier alpha value is -1.62. The summed E-state index contributed by atoms with van der Waals surface area (Å²) in [6.07, 6.45) is 8.18. The number of amides is 1. The quantitative estimate of drug-likeness (QED) is 0.904. The van der Waals surface area contributed by atoms with Gasteiger partial charge >= 0.3 is 6.09 Å². The van der Waals surface area contributed by atoms with Crippen molar-refractivity contribution in [1.29, 1.82) is 0 Å². The molecule has 1 amide bonds. The van der Waals surface area contributed by atoms with Crippen LogP contribution >= 0.6 is 0 Å². The highest BCUT2D eigenvalue weighted by atomic mass is 16.6. The highest BCUT2D eigenvalue weighted by molar-refractivity contribution is 5.68. The zero-order valence-corrected chi connectivity index (χ0v) is 15.9. The van der Waals surface area contributed by atoms with Gasteiger partial charge in [-0.05, 0) is 70.9 Å². The molecule has 1 heterocycles. The largest absolute Gasteiger partial charge is 0.444 e. The van der Waals surface area contributed by atoms with Gasteiger partial charge in [-0.2, -0.15) is 0 Å². The summed E-state index contributed by atoms with van der Waals surface area (Å²) in [6, 6.07) is 5.40. The Balaban J connectivity index is 1.49. The maximum Gasteiger partial charge on any atom is 0.410 e. The van der Waals surface area contributed by atoms with Gasteiger partial charge in [0.2, 0.25) is 0 Å². The van der Waals surface area contributed by atoms with Crippen molar-refractivity contribution in [3.8, 4) is 0 Å². The molecule has 5 nitrogen and oxygen atoms in total. The maximum atomic E-state index is 12.2. The van der Waals surface area contributed by atoms with Gasteiger partial charge in [0.25, 0.3) is 0 Å². The van der Waals surface area contributed by atoms with E-state index >= 15 is 0 Å². The number of hydrogen-bond donors (Lipinski definition) is 1. The minimum atomic E-state index is -0.438. The molecule has 0 saturated heterocycles. The lowest BCUT2D eigenvalue weighted by atomic mass is 9.90. The minimum Gasteiger partial charge on any atom is -0.444 e. The summed E-state index contributed by atoms with van der Waals surface area (Å²) in [5, 5.41) is 3.80. The number of nitrogens with one attached hydrogen (secondary N) is 1. The molecule has 0 aliphatic heterocycles. The molecule has 0 spiro atoms. The van der Waals surface area contributed by atoms with Crippen LogP contribution in [0.1, 0.15) is 70.2 Å². The van der Waals surface area contributed by atoms with Crippen LogP contribution in [-0.2, 0) is 11.2 Å². The topological polar surface area (TPSA) is 54.5 Å². The SMILES string of the molecule is CN(C(=O)OC(C)(C)C)C1CCC(NC2CCc3cccnc32)CC1. The number of carbonyl (C=O) groups is 1. The van der Waals surface area contributed by atoms with Crippen molar-refractivity contribution in [3.63, 3.8) is 0 Å². The summed E-state index contributed by atoms with van der Waals surface area (Å²) < 4.78 is 5.49. The van der Waals surface area contributed by atoms with Crippen LogP contribution in [0.25, 0.3) is 0 Å². The second-order valence-corrected chi connectivity index (χ2v) is 8.40. The van der Waals surface area contributed by atoms with Crippen LogP contribution in [0.15, 0.2) is 18.3 Å². The first-order valence-corrected chi connectivity index (χ1v) is 9.49. The molecular formula is C20H31N3O2. The van der Waals surface area contributed by atoms with E-state index in [1.54, 1.807) is 4.90 Å². The smallest absolute Gasteiger partial charge is 0.410 e. The fourth-order valence-electron chi connectivity index (χ4n) is 3.97. The van der Waals surface area contributed by atoms with E-state index in [4.69, 9.17) is 4.74 Å². The Labute approximate surface area is 151 Å². The number of ether oxygens (including phenoxy) is 1. The van der Waals surface area contributed by atoms with Crippen LogP contribution < -0.4 is 5.32 Å². The molecule has 3 rings (SSSR count). The molecule has 1 saturated carbocycles. The van der Waals surface area contributed by atoms with Crippen LogP contribution in [0.4, 0.5) is 4.79 Å². The Morgan fingerprint density at radius 2 is 1.96 bits per heavy atom. The molecule has 138 valence electrons. The average molecular weight is 345 g/mol. The summed E-state index contributed by atoms with van der Waals surface area (Å²) in [5.74, 6) is 0. The fourth-order valence-corrected chi connectivity index (χ4v) is 3.97. The third kappa shape index (κ3) is 4.51. The molecule has 1 aromatic heterocycles. The first-order chi connectivity index (χ1) is 11.8. The third-order valence-corrected chi connectivity index (χ3v) is 5.32. The van der Waals surface area contributed by atoms with Crippen LogP contribution in [-0.4, -0.2) is 40.7 Å². The van der Waals surface area contributed by atoms with E-state index in [-0.39, 0.29) is 12.1 Å². The van der Waals surface area contributed by atoms with Gasteiger partial charge in [-0.1, -0.05) is 6.07 Å². The average Bonchev–Trinajstić information content (AvgIpc) is 2.96. The van der Waals surface area contributed by atoms with Crippen LogP contribution in [0.2, 0.25) is 0 Å². The van der Waals surface area contributed by atoms with Gasteiger partial charge in [-0.3, -0.25) is 4.98 Å². The van der Waals surface area contributed by atoms with Crippen LogP contribution in [0, 0.1) is 0 Å². The summed E-state index contributed by atoms with van der Waals surface area (Å²) in [5.41, 5.74) is 2.18. The van der Waals surface area contributed by atoms with Gasteiger partial charge in [-0.15, -0.1) is 0 Å². The number of aryl methyl sites for hydroxylation is 1. The van der Waals surface area contributed by atoms with Crippen LogP contribution in [0.3, 0.4) is 0 Å². The van der Waals surface area contributed by atoms with E-state index in [1.165, 1.54) is 11.3 Å². The van der Waals surface area contributed by atoms with Crippen molar-refractivity contribution < 1.29 is 9.53 Å². The normalized spacial score (nSPS) is 26.2. The van der Waals surface area contributed by atoms with Crippen LogP contribution in [0.5, 0.6) is 0 Å². The van der Waals surface area contributed by atoms with Gasteiger partial charge in [0.05, 0.1) is 11.7 Å². The van der Waals surface area contributed by atoms with Gasteiger partial charge in [-0.25, -0.2) is 4.79 Å². The molecule has 2 aliphatic carbocycles. The zero-order chi connectivity index (χ0) is 18.0. The molecule has 1 unspecified atom stereocenters. The number of rotatable bonds is 3. The van der Waals surface area contributed by atoms with E-state index in [0.717, 1.165) is 38.5 Å². The number of hydrogen-bond acceptors (Lipinski definition) is 4. The lowest BCUT2D eigenvalue weighted by Gasteiger charge is -2.36. The van der Waals surface area contributed by atoms with Gasteiger partial charge in [0.15, 0.2) is 0 Å². The summed E-state index contributed by atoms with van der Waals surface area (Å²) in [4.78, 5) is 18.6. The molecule has 1 N–H and O–H groups in total. The van der Waals surface area contributed by atoms with Crippen molar-refractivity contribution in [1.82, 2.24) is 15.2 Å². The summed E-state index contributed by atoms with van der Waals surface area (Å²) in [6.45, 7) is 5.73. The molecule has 0 aromatic carbocycles. The Bertz CT molecular complexity index is 603. The maximum absolute atomic E-state index is 12.2.